The Balaban J connectivity index is 1.53. The molecule has 0 radical (unpaired) electrons. The van der Waals surface area contributed by atoms with Gasteiger partial charge in [-0.2, -0.15) is 0 Å². The van der Waals surface area contributed by atoms with Gasteiger partial charge in [-0.1, -0.05) is 42.4 Å². The molecule has 5 rings (SSSR count). The van der Waals surface area contributed by atoms with Gasteiger partial charge < -0.3 is 9.64 Å². The highest BCUT2D eigenvalue weighted by Gasteiger charge is 2.55. The predicted molar refractivity (Wildman–Crippen MR) is 114 cm³/mol. The number of methoxy groups -OCH3 is 1. The Kier molecular flexibility index (Phi) is 5.06. The van der Waals surface area contributed by atoms with Gasteiger partial charge in [-0.05, 0) is 37.3 Å². The first-order valence-corrected chi connectivity index (χ1v) is 11.5. The van der Waals surface area contributed by atoms with Crippen molar-refractivity contribution < 1.29 is 14.3 Å². The molecule has 1 atom stereocenters. The molecule has 2 heterocycles. The Morgan fingerprint density at radius 2 is 2.03 bits per heavy atom. The Morgan fingerprint density at radius 1 is 1.27 bits per heavy atom. The Labute approximate surface area is 179 Å². The van der Waals surface area contributed by atoms with Crippen molar-refractivity contribution in [1.29, 1.82) is 0 Å². The number of benzene rings is 1. The van der Waals surface area contributed by atoms with Gasteiger partial charge in [-0.15, -0.1) is 10.2 Å². The van der Waals surface area contributed by atoms with Crippen molar-refractivity contribution in [2.24, 2.45) is 0 Å². The predicted octanol–water partition coefficient (Wildman–Crippen LogP) is 3.55. The minimum Gasteiger partial charge on any atom is -0.383 e. The summed E-state index contributed by atoms with van der Waals surface area (Å²) in [5.41, 5.74) is 0.919. The lowest BCUT2D eigenvalue weighted by atomic mass is 9.71. The molecule has 2 amide bonds. The zero-order valence-electron chi connectivity index (χ0n) is 17.1. The third kappa shape index (κ3) is 3.22. The zero-order valence-corrected chi connectivity index (χ0v) is 17.9. The fourth-order valence-corrected chi connectivity index (χ4v) is 6.05. The van der Waals surface area contributed by atoms with E-state index in [9.17, 15) is 9.59 Å². The molecule has 1 unspecified atom stereocenters. The van der Waals surface area contributed by atoms with E-state index in [2.05, 4.69) is 15.5 Å². The lowest BCUT2D eigenvalue weighted by Crippen LogP contribution is -2.60. The number of rotatable bonds is 6. The number of hydrogen-bond acceptors (Lipinski definition) is 6. The summed E-state index contributed by atoms with van der Waals surface area (Å²) in [6.07, 6.45) is 5.95. The number of carbonyl (C=O) groups is 2. The fraction of sp³-hybridized carbons (Fsp3) is 0.545. The SMILES string of the molecule is COCCN1C(=O)c2ccccc2C(C(=O)Nc2nnc(C3CC3)s2)C12CCCC2. The van der Waals surface area contributed by atoms with Crippen molar-refractivity contribution in [2.75, 3.05) is 25.6 Å². The molecular formula is C22H26N4O3S. The van der Waals surface area contributed by atoms with E-state index in [1.807, 2.05) is 29.2 Å². The van der Waals surface area contributed by atoms with Crippen LogP contribution in [0.4, 0.5) is 5.13 Å². The second-order valence-electron chi connectivity index (χ2n) is 8.49. The van der Waals surface area contributed by atoms with E-state index in [4.69, 9.17) is 4.74 Å². The Bertz CT molecular complexity index is 965. The molecular weight excluding hydrogens is 400 g/mol. The number of ether oxygens (including phenoxy) is 1. The molecule has 8 heteroatoms. The van der Waals surface area contributed by atoms with E-state index in [1.165, 1.54) is 11.3 Å². The Hall–Kier alpha value is -2.32. The van der Waals surface area contributed by atoms with Crippen molar-refractivity contribution in [3.05, 3.63) is 40.4 Å². The van der Waals surface area contributed by atoms with Crippen LogP contribution in [0.5, 0.6) is 0 Å². The lowest BCUT2D eigenvalue weighted by molar-refractivity contribution is -0.121. The summed E-state index contributed by atoms with van der Waals surface area (Å²) in [6.45, 7) is 0.934. The van der Waals surface area contributed by atoms with Crippen LogP contribution in [0.15, 0.2) is 24.3 Å². The molecule has 2 saturated carbocycles. The number of fused-ring (bicyclic) bond motifs is 1. The molecule has 7 nitrogen and oxygen atoms in total. The average Bonchev–Trinajstić information content (AvgIpc) is 3.31. The van der Waals surface area contributed by atoms with Gasteiger partial charge in [-0.25, -0.2) is 0 Å². The topological polar surface area (TPSA) is 84.4 Å². The van der Waals surface area contributed by atoms with E-state index in [-0.39, 0.29) is 11.8 Å². The van der Waals surface area contributed by atoms with E-state index in [1.54, 1.807) is 7.11 Å². The molecule has 1 aromatic carbocycles. The number of hydrogen-bond donors (Lipinski definition) is 1. The minimum absolute atomic E-state index is 0.000495. The van der Waals surface area contributed by atoms with E-state index >= 15 is 0 Å². The van der Waals surface area contributed by atoms with Crippen LogP contribution in [0.1, 0.15) is 71.3 Å². The summed E-state index contributed by atoms with van der Waals surface area (Å²) in [7, 11) is 1.64. The normalized spacial score (nSPS) is 22.4. The molecule has 0 bridgehead atoms. The van der Waals surface area contributed by atoms with Crippen molar-refractivity contribution in [3.8, 4) is 0 Å². The van der Waals surface area contributed by atoms with E-state index < -0.39 is 11.5 Å². The van der Waals surface area contributed by atoms with Crippen LogP contribution in [-0.2, 0) is 9.53 Å². The van der Waals surface area contributed by atoms with Crippen molar-refractivity contribution >= 4 is 28.3 Å². The number of nitrogens with zero attached hydrogens (tertiary/aromatic N) is 3. The smallest absolute Gasteiger partial charge is 0.254 e. The number of carbonyl (C=O) groups excluding carboxylic acids is 2. The standard InChI is InChI=1S/C22H26N4O3S/c1-29-13-12-26-20(28)16-7-3-2-6-15(16)17(22(26)10-4-5-11-22)18(27)23-21-25-24-19(30-21)14-8-9-14/h2-3,6-7,14,17H,4-5,8-13H2,1H3,(H,23,25,27). The first kappa shape index (κ1) is 19.6. The van der Waals surface area contributed by atoms with Crippen LogP contribution in [0.3, 0.4) is 0 Å². The summed E-state index contributed by atoms with van der Waals surface area (Å²) in [5.74, 6) is -0.0239. The summed E-state index contributed by atoms with van der Waals surface area (Å²) in [6, 6.07) is 7.53. The van der Waals surface area contributed by atoms with Crippen molar-refractivity contribution in [2.45, 2.75) is 55.9 Å². The monoisotopic (exact) mass is 426 g/mol. The first-order valence-electron chi connectivity index (χ1n) is 10.7. The van der Waals surface area contributed by atoms with Gasteiger partial charge in [0.05, 0.1) is 18.1 Å². The van der Waals surface area contributed by atoms with Crippen molar-refractivity contribution in [1.82, 2.24) is 15.1 Å². The van der Waals surface area contributed by atoms with Gasteiger partial charge in [0.2, 0.25) is 11.0 Å². The van der Waals surface area contributed by atoms with E-state index in [0.717, 1.165) is 49.1 Å². The van der Waals surface area contributed by atoms with Crippen LogP contribution >= 0.6 is 11.3 Å². The second-order valence-corrected chi connectivity index (χ2v) is 9.50. The number of anilines is 1. The number of aromatic nitrogens is 2. The molecule has 2 aromatic rings. The van der Waals surface area contributed by atoms with Gasteiger partial charge in [0.1, 0.15) is 5.01 Å². The van der Waals surface area contributed by atoms with Gasteiger partial charge in [-0.3, -0.25) is 14.9 Å². The molecule has 1 aliphatic heterocycles. The van der Waals surface area contributed by atoms with Crippen LogP contribution in [-0.4, -0.2) is 52.7 Å². The summed E-state index contributed by atoms with van der Waals surface area (Å²) in [4.78, 5) is 29.0. The lowest BCUT2D eigenvalue weighted by Gasteiger charge is -2.50. The molecule has 2 fully saturated rings. The molecule has 0 saturated heterocycles. The molecule has 3 aliphatic rings. The number of nitrogens with one attached hydrogen (secondary N) is 1. The summed E-state index contributed by atoms with van der Waals surface area (Å²) >= 11 is 1.47. The second kappa shape index (κ2) is 7.74. The maximum atomic E-state index is 13.7. The molecule has 1 N–H and O–H groups in total. The third-order valence-corrected chi connectivity index (χ3v) is 7.67. The molecule has 1 spiro atoms. The molecule has 1 aromatic heterocycles. The highest BCUT2D eigenvalue weighted by molar-refractivity contribution is 7.15. The molecule has 2 aliphatic carbocycles. The van der Waals surface area contributed by atoms with Crippen LogP contribution in [0.2, 0.25) is 0 Å². The fourth-order valence-electron chi connectivity index (χ4n) is 5.13. The maximum Gasteiger partial charge on any atom is 0.254 e. The maximum absolute atomic E-state index is 13.7. The summed E-state index contributed by atoms with van der Waals surface area (Å²) < 4.78 is 5.30. The van der Waals surface area contributed by atoms with Gasteiger partial charge >= 0.3 is 0 Å². The largest absolute Gasteiger partial charge is 0.383 e. The molecule has 158 valence electrons. The highest BCUT2D eigenvalue weighted by atomic mass is 32.1. The van der Waals surface area contributed by atoms with Crippen LogP contribution < -0.4 is 5.32 Å². The van der Waals surface area contributed by atoms with Gasteiger partial charge in [0.25, 0.3) is 5.91 Å². The van der Waals surface area contributed by atoms with Gasteiger partial charge in [0, 0.05) is 25.1 Å². The van der Waals surface area contributed by atoms with Crippen molar-refractivity contribution in [3.63, 3.8) is 0 Å². The van der Waals surface area contributed by atoms with E-state index in [0.29, 0.717) is 29.8 Å². The van der Waals surface area contributed by atoms with Crippen LogP contribution in [0.25, 0.3) is 0 Å². The summed E-state index contributed by atoms with van der Waals surface area (Å²) in [5, 5.41) is 13.0. The van der Waals surface area contributed by atoms with Gasteiger partial charge in [0.15, 0.2) is 0 Å². The Morgan fingerprint density at radius 3 is 2.77 bits per heavy atom. The minimum atomic E-state index is -0.516. The average molecular weight is 427 g/mol. The van der Waals surface area contributed by atoms with Crippen LogP contribution in [0, 0.1) is 0 Å². The quantitative estimate of drug-likeness (QED) is 0.764. The third-order valence-electron chi connectivity index (χ3n) is 6.67. The first-order chi connectivity index (χ1) is 14.6. The number of amides is 2. The molecule has 30 heavy (non-hydrogen) atoms. The highest BCUT2D eigenvalue weighted by Crippen LogP contribution is 2.50. The zero-order chi connectivity index (χ0) is 20.7.